The molecule has 1 unspecified atom stereocenters. The van der Waals surface area contributed by atoms with Crippen molar-refractivity contribution < 1.29 is 9.53 Å². The van der Waals surface area contributed by atoms with Gasteiger partial charge in [-0.3, -0.25) is 4.79 Å². The molecule has 1 aliphatic heterocycles. The van der Waals surface area contributed by atoms with E-state index in [0.717, 1.165) is 31.4 Å². The van der Waals surface area contributed by atoms with Crippen LogP contribution in [0.4, 0.5) is 0 Å². The molecule has 0 N–H and O–H groups in total. The second-order valence-corrected chi connectivity index (χ2v) is 12.3. The Kier molecular flexibility index (Phi) is 6.12. The average Bonchev–Trinajstić information content (AvgIpc) is 2.55. The van der Waals surface area contributed by atoms with E-state index in [4.69, 9.17) is 4.74 Å². The van der Waals surface area contributed by atoms with Crippen molar-refractivity contribution in [2.45, 2.75) is 64.8 Å². The molecule has 1 aromatic rings. The Hall–Kier alpha value is -1.73. The molecule has 2 rings (SSSR count). The lowest BCUT2D eigenvalue weighted by molar-refractivity contribution is -0.128. The van der Waals surface area contributed by atoms with Crippen LogP contribution in [0.15, 0.2) is 18.2 Å². The average molecular weight is 344 g/mol. The van der Waals surface area contributed by atoms with Gasteiger partial charge >= 0.3 is 0 Å². The third-order valence-electron chi connectivity index (χ3n) is 4.35. The minimum absolute atomic E-state index is 0.0139. The predicted molar refractivity (Wildman–Crippen MR) is 102 cm³/mol. The third kappa shape index (κ3) is 4.88. The fourth-order valence-electron chi connectivity index (χ4n) is 3.00. The molecular weight excluding hydrogens is 314 g/mol. The number of unbranched alkanes of at least 4 members (excludes halogenated alkanes) is 1. The molecule has 0 saturated heterocycles. The van der Waals surface area contributed by atoms with E-state index in [-0.39, 0.29) is 11.9 Å². The predicted octanol–water partition coefficient (Wildman–Crippen LogP) is 4.02. The highest BCUT2D eigenvalue weighted by molar-refractivity contribution is 6.84. The number of amides is 1. The molecule has 0 aliphatic carbocycles. The number of methoxy groups -OCH3 is 1. The number of ether oxygens (including phenoxy) is 1. The van der Waals surface area contributed by atoms with Crippen molar-refractivity contribution in [3.05, 3.63) is 29.3 Å². The van der Waals surface area contributed by atoms with Crippen LogP contribution in [-0.2, 0) is 17.8 Å². The highest BCUT2D eigenvalue weighted by Crippen LogP contribution is 2.29. The van der Waals surface area contributed by atoms with Crippen molar-refractivity contribution in [3.8, 4) is 17.2 Å². The van der Waals surface area contributed by atoms with Crippen LogP contribution in [0.1, 0.15) is 37.3 Å². The standard InChI is InChI=1S/C20H29NO2Si/c1-6-7-8-18-13-17-14-19(23-2)10-9-16(17)15-21(18)20(22)11-12-24(3,4)5/h9-10,14,18H,6-8,13,15H2,1-5H3. The second-order valence-electron chi connectivity index (χ2n) is 7.57. The molecule has 1 aliphatic rings. The first kappa shape index (κ1) is 18.6. The molecule has 1 aromatic carbocycles. The SMILES string of the molecule is CCCCC1Cc2cc(OC)ccc2CN1C(=O)C#C[Si](C)(C)C. The van der Waals surface area contributed by atoms with Crippen LogP contribution in [0, 0.1) is 11.5 Å². The number of carbonyl (C=O) groups is 1. The summed E-state index contributed by atoms with van der Waals surface area (Å²) in [6.45, 7) is 9.35. The van der Waals surface area contributed by atoms with Gasteiger partial charge in [-0.05, 0) is 42.0 Å². The van der Waals surface area contributed by atoms with Gasteiger partial charge < -0.3 is 9.64 Å². The van der Waals surface area contributed by atoms with E-state index in [2.05, 4.69) is 50.2 Å². The Balaban J connectivity index is 2.26. The van der Waals surface area contributed by atoms with E-state index in [0.29, 0.717) is 6.54 Å². The van der Waals surface area contributed by atoms with Crippen LogP contribution in [0.2, 0.25) is 19.6 Å². The smallest absolute Gasteiger partial charge is 0.298 e. The van der Waals surface area contributed by atoms with E-state index in [1.54, 1.807) is 7.11 Å². The van der Waals surface area contributed by atoms with Crippen molar-refractivity contribution in [1.82, 2.24) is 4.90 Å². The van der Waals surface area contributed by atoms with Crippen LogP contribution in [0.5, 0.6) is 5.75 Å². The topological polar surface area (TPSA) is 29.5 Å². The quantitative estimate of drug-likeness (QED) is 0.610. The fourth-order valence-corrected chi connectivity index (χ4v) is 3.48. The monoisotopic (exact) mass is 343 g/mol. The molecule has 0 fully saturated rings. The molecule has 0 aromatic heterocycles. The Morgan fingerprint density at radius 2 is 2.08 bits per heavy atom. The van der Waals surface area contributed by atoms with Crippen LogP contribution < -0.4 is 4.74 Å². The van der Waals surface area contributed by atoms with Gasteiger partial charge in [-0.2, -0.15) is 0 Å². The first-order valence-corrected chi connectivity index (χ1v) is 12.3. The Labute approximate surface area is 147 Å². The van der Waals surface area contributed by atoms with Gasteiger partial charge in [0.15, 0.2) is 0 Å². The van der Waals surface area contributed by atoms with Crippen LogP contribution >= 0.6 is 0 Å². The largest absolute Gasteiger partial charge is 0.497 e. The Bertz CT molecular complexity index is 652. The number of benzene rings is 1. The maximum Gasteiger partial charge on any atom is 0.298 e. The van der Waals surface area contributed by atoms with E-state index in [1.165, 1.54) is 11.1 Å². The third-order valence-corrected chi connectivity index (χ3v) is 5.22. The van der Waals surface area contributed by atoms with Gasteiger partial charge in [-0.1, -0.05) is 45.5 Å². The minimum atomic E-state index is -1.54. The van der Waals surface area contributed by atoms with Crippen LogP contribution in [0.25, 0.3) is 0 Å². The summed E-state index contributed by atoms with van der Waals surface area (Å²) >= 11 is 0. The zero-order valence-electron chi connectivity index (χ0n) is 15.6. The maximum absolute atomic E-state index is 12.7. The summed E-state index contributed by atoms with van der Waals surface area (Å²) in [6, 6.07) is 6.41. The molecule has 3 nitrogen and oxygen atoms in total. The van der Waals surface area contributed by atoms with Gasteiger partial charge in [-0.25, -0.2) is 0 Å². The Morgan fingerprint density at radius 3 is 2.71 bits per heavy atom. The first-order valence-electron chi connectivity index (χ1n) is 8.83. The Morgan fingerprint density at radius 1 is 1.33 bits per heavy atom. The first-order chi connectivity index (χ1) is 11.3. The number of nitrogens with zero attached hydrogens (tertiary/aromatic N) is 1. The number of fused-ring (bicyclic) bond motifs is 1. The normalized spacial score (nSPS) is 16.9. The molecule has 0 spiro atoms. The number of carbonyl (C=O) groups excluding carboxylic acids is 1. The highest BCUT2D eigenvalue weighted by Gasteiger charge is 2.29. The highest BCUT2D eigenvalue weighted by atomic mass is 28.3. The maximum atomic E-state index is 12.7. The van der Waals surface area contributed by atoms with Gasteiger partial charge in [0, 0.05) is 12.6 Å². The van der Waals surface area contributed by atoms with E-state index < -0.39 is 8.07 Å². The van der Waals surface area contributed by atoms with E-state index >= 15 is 0 Å². The van der Waals surface area contributed by atoms with E-state index in [1.807, 2.05) is 11.0 Å². The molecule has 0 radical (unpaired) electrons. The lowest BCUT2D eigenvalue weighted by Gasteiger charge is -2.36. The summed E-state index contributed by atoms with van der Waals surface area (Å²) < 4.78 is 5.35. The summed E-state index contributed by atoms with van der Waals surface area (Å²) in [5, 5.41) is 0. The van der Waals surface area contributed by atoms with Crippen molar-refractivity contribution in [2.75, 3.05) is 7.11 Å². The molecule has 1 heterocycles. The van der Waals surface area contributed by atoms with Crippen molar-refractivity contribution in [3.63, 3.8) is 0 Å². The number of hydrogen-bond acceptors (Lipinski definition) is 2. The molecule has 1 amide bonds. The molecule has 0 saturated carbocycles. The summed E-state index contributed by atoms with van der Waals surface area (Å²) in [6.07, 6.45) is 4.21. The summed E-state index contributed by atoms with van der Waals surface area (Å²) in [5.74, 6) is 3.80. The van der Waals surface area contributed by atoms with Crippen LogP contribution in [-0.4, -0.2) is 32.0 Å². The van der Waals surface area contributed by atoms with Gasteiger partial charge in [0.1, 0.15) is 13.8 Å². The number of rotatable bonds is 4. The molecule has 4 heteroatoms. The number of hydrogen-bond donors (Lipinski definition) is 0. The molecule has 24 heavy (non-hydrogen) atoms. The lowest BCUT2D eigenvalue weighted by atomic mass is 9.91. The van der Waals surface area contributed by atoms with Crippen LogP contribution in [0.3, 0.4) is 0 Å². The van der Waals surface area contributed by atoms with Gasteiger partial charge in [-0.15, -0.1) is 5.54 Å². The summed E-state index contributed by atoms with van der Waals surface area (Å²) in [4.78, 5) is 14.7. The van der Waals surface area contributed by atoms with Gasteiger partial charge in [0.05, 0.1) is 7.11 Å². The van der Waals surface area contributed by atoms with E-state index in [9.17, 15) is 4.79 Å². The molecule has 130 valence electrons. The molecule has 0 bridgehead atoms. The lowest BCUT2D eigenvalue weighted by Crippen LogP contribution is -2.44. The zero-order chi connectivity index (χ0) is 17.7. The van der Waals surface area contributed by atoms with Gasteiger partial charge in [0.25, 0.3) is 5.91 Å². The molecular formula is C20H29NO2Si. The minimum Gasteiger partial charge on any atom is -0.497 e. The van der Waals surface area contributed by atoms with Crippen molar-refractivity contribution in [1.29, 1.82) is 0 Å². The second kappa shape index (κ2) is 7.89. The summed E-state index contributed by atoms with van der Waals surface area (Å²) in [7, 11) is 0.155. The fraction of sp³-hybridized carbons (Fsp3) is 0.550. The summed E-state index contributed by atoms with van der Waals surface area (Å²) in [5.41, 5.74) is 5.73. The van der Waals surface area contributed by atoms with Gasteiger partial charge in [0.2, 0.25) is 0 Å². The van der Waals surface area contributed by atoms with Crippen molar-refractivity contribution >= 4 is 14.0 Å². The van der Waals surface area contributed by atoms with Crippen molar-refractivity contribution in [2.24, 2.45) is 0 Å². The zero-order valence-corrected chi connectivity index (χ0v) is 16.6. The molecule has 1 atom stereocenters.